The number of hydrogen-bond donors (Lipinski definition) is 0. The fourth-order valence-corrected chi connectivity index (χ4v) is 2.51. The van der Waals surface area contributed by atoms with Crippen LogP contribution in [0.5, 0.6) is 0 Å². The first kappa shape index (κ1) is 9.69. The maximum absolute atomic E-state index is 11.5. The van der Waals surface area contributed by atoms with E-state index in [0.717, 1.165) is 12.8 Å². The minimum atomic E-state index is 0.0573. The van der Waals surface area contributed by atoms with Gasteiger partial charge in [-0.15, -0.1) is 0 Å². The van der Waals surface area contributed by atoms with Gasteiger partial charge in [0.05, 0.1) is 13.0 Å². The van der Waals surface area contributed by atoms with E-state index < -0.39 is 0 Å². The normalized spacial score (nSPS) is 25.6. The molecule has 2 rings (SSSR count). The maximum Gasteiger partial charge on any atom is 0.230 e. The first-order valence-electron chi connectivity index (χ1n) is 5.58. The Morgan fingerprint density at radius 2 is 1.64 bits per heavy atom. The lowest BCUT2D eigenvalue weighted by Crippen LogP contribution is -2.36. The molecule has 1 saturated heterocycles. The van der Waals surface area contributed by atoms with Crippen LogP contribution in [0.15, 0.2) is 0 Å². The summed E-state index contributed by atoms with van der Waals surface area (Å²) >= 11 is 0. The summed E-state index contributed by atoms with van der Waals surface area (Å²) in [5.41, 5.74) is 0. The number of hydrogen-bond acceptors (Lipinski definition) is 2. The Balaban J connectivity index is 1.98. The van der Waals surface area contributed by atoms with Gasteiger partial charge in [0.1, 0.15) is 0 Å². The molecule has 0 N–H and O–H groups in total. The minimum absolute atomic E-state index is 0.0573. The van der Waals surface area contributed by atoms with E-state index in [-0.39, 0.29) is 18.1 Å². The van der Waals surface area contributed by atoms with Crippen LogP contribution >= 0.6 is 0 Å². The Hall–Kier alpha value is -0.860. The van der Waals surface area contributed by atoms with Crippen LogP contribution in [-0.2, 0) is 9.59 Å². The zero-order valence-corrected chi connectivity index (χ0v) is 8.50. The van der Waals surface area contributed by atoms with Crippen LogP contribution in [-0.4, -0.2) is 29.2 Å². The van der Waals surface area contributed by atoms with Crippen LogP contribution in [0.25, 0.3) is 0 Å². The lowest BCUT2D eigenvalue weighted by molar-refractivity contribution is -0.129. The van der Waals surface area contributed by atoms with Gasteiger partial charge >= 0.3 is 0 Å². The summed E-state index contributed by atoms with van der Waals surface area (Å²) in [4.78, 5) is 24.4. The molecular formula is C11H17NO2. The monoisotopic (exact) mass is 195 g/mol. The standard InChI is InChI=1S/C11H17NO2/c13-10-7-11(14)12(8-10)9-5-3-1-2-4-6-9/h9H,1-8H2. The molecule has 0 aromatic heterocycles. The molecule has 2 fully saturated rings. The highest BCUT2D eigenvalue weighted by Gasteiger charge is 2.32. The largest absolute Gasteiger partial charge is 0.332 e. The average Bonchev–Trinajstić information content (AvgIpc) is 2.43. The summed E-state index contributed by atoms with van der Waals surface area (Å²) in [6, 6.07) is 0.358. The second-order valence-electron chi connectivity index (χ2n) is 4.38. The van der Waals surface area contributed by atoms with E-state index in [1.807, 2.05) is 4.90 Å². The van der Waals surface area contributed by atoms with Crippen LogP contribution in [0.4, 0.5) is 0 Å². The molecule has 0 spiro atoms. The van der Waals surface area contributed by atoms with Crippen molar-refractivity contribution in [3.63, 3.8) is 0 Å². The Labute approximate surface area is 84.5 Å². The van der Waals surface area contributed by atoms with Crippen LogP contribution in [0.2, 0.25) is 0 Å². The molecule has 1 heterocycles. The molecule has 1 saturated carbocycles. The predicted octanol–water partition coefficient (Wildman–Crippen LogP) is 1.51. The van der Waals surface area contributed by atoms with Crippen molar-refractivity contribution < 1.29 is 9.59 Å². The number of amides is 1. The number of Topliss-reactive ketones (excluding diaryl/α,β-unsaturated/α-hetero) is 1. The van der Waals surface area contributed by atoms with E-state index in [9.17, 15) is 9.59 Å². The average molecular weight is 195 g/mol. The molecule has 1 aliphatic carbocycles. The van der Waals surface area contributed by atoms with Crippen LogP contribution in [0, 0.1) is 0 Å². The van der Waals surface area contributed by atoms with Crippen molar-refractivity contribution in [2.75, 3.05) is 6.54 Å². The number of rotatable bonds is 1. The summed E-state index contributed by atoms with van der Waals surface area (Å²) in [6.07, 6.45) is 7.33. The third kappa shape index (κ3) is 1.97. The molecular weight excluding hydrogens is 178 g/mol. The van der Waals surface area contributed by atoms with Gasteiger partial charge in [-0.25, -0.2) is 0 Å². The second kappa shape index (κ2) is 4.11. The topological polar surface area (TPSA) is 37.4 Å². The molecule has 14 heavy (non-hydrogen) atoms. The van der Waals surface area contributed by atoms with E-state index in [2.05, 4.69) is 0 Å². The summed E-state index contributed by atoms with van der Waals surface area (Å²) in [5, 5.41) is 0. The number of carbonyl (C=O) groups is 2. The van der Waals surface area contributed by atoms with Crippen molar-refractivity contribution in [3.8, 4) is 0 Å². The first-order chi connectivity index (χ1) is 6.77. The SMILES string of the molecule is O=C1CC(=O)N(C2CCCCCC2)C1. The quantitative estimate of drug-likeness (QED) is 0.470. The molecule has 0 aromatic rings. The van der Waals surface area contributed by atoms with Crippen molar-refractivity contribution >= 4 is 11.7 Å². The molecule has 0 atom stereocenters. The van der Waals surface area contributed by atoms with Crippen LogP contribution in [0.1, 0.15) is 44.9 Å². The van der Waals surface area contributed by atoms with E-state index >= 15 is 0 Å². The number of likely N-dealkylation sites (tertiary alicyclic amines) is 1. The number of ketones is 1. The molecule has 0 bridgehead atoms. The molecule has 1 aliphatic heterocycles. The highest BCUT2D eigenvalue weighted by molar-refractivity contribution is 6.05. The zero-order chi connectivity index (χ0) is 9.97. The van der Waals surface area contributed by atoms with E-state index in [4.69, 9.17) is 0 Å². The van der Waals surface area contributed by atoms with Crippen molar-refractivity contribution in [1.29, 1.82) is 0 Å². The van der Waals surface area contributed by atoms with E-state index in [0.29, 0.717) is 12.6 Å². The third-order valence-corrected chi connectivity index (χ3v) is 3.28. The van der Waals surface area contributed by atoms with Gasteiger partial charge in [-0.2, -0.15) is 0 Å². The molecule has 1 amide bonds. The van der Waals surface area contributed by atoms with Gasteiger partial charge in [0.25, 0.3) is 0 Å². The lowest BCUT2D eigenvalue weighted by Gasteiger charge is -2.25. The zero-order valence-electron chi connectivity index (χ0n) is 8.50. The highest BCUT2D eigenvalue weighted by Crippen LogP contribution is 2.24. The highest BCUT2D eigenvalue weighted by atomic mass is 16.2. The molecule has 2 aliphatic rings. The first-order valence-corrected chi connectivity index (χ1v) is 5.58. The van der Waals surface area contributed by atoms with E-state index in [1.54, 1.807) is 0 Å². The Morgan fingerprint density at radius 3 is 2.14 bits per heavy atom. The molecule has 0 radical (unpaired) electrons. The van der Waals surface area contributed by atoms with Gasteiger partial charge < -0.3 is 4.90 Å². The summed E-state index contributed by atoms with van der Waals surface area (Å²) in [6.45, 7) is 0.378. The predicted molar refractivity (Wildman–Crippen MR) is 52.8 cm³/mol. The molecule has 0 unspecified atom stereocenters. The van der Waals surface area contributed by atoms with Crippen molar-refractivity contribution in [1.82, 2.24) is 4.90 Å². The van der Waals surface area contributed by atoms with E-state index in [1.165, 1.54) is 25.7 Å². The van der Waals surface area contributed by atoms with Gasteiger partial charge in [0, 0.05) is 6.04 Å². The Morgan fingerprint density at radius 1 is 1.00 bits per heavy atom. The summed E-state index contributed by atoms with van der Waals surface area (Å²) < 4.78 is 0. The van der Waals surface area contributed by atoms with Gasteiger partial charge in [-0.1, -0.05) is 25.7 Å². The van der Waals surface area contributed by atoms with Crippen molar-refractivity contribution in [3.05, 3.63) is 0 Å². The fraction of sp³-hybridized carbons (Fsp3) is 0.818. The van der Waals surface area contributed by atoms with Crippen molar-refractivity contribution in [2.24, 2.45) is 0 Å². The number of nitrogens with zero attached hydrogens (tertiary/aromatic N) is 1. The molecule has 0 aromatic carbocycles. The third-order valence-electron chi connectivity index (χ3n) is 3.28. The summed E-state index contributed by atoms with van der Waals surface area (Å²) in [5.74, 6) is 0.154. The van der Waals surface area contributed by atoms with Gasteiger partial charge in [-0.3, -0.25) is 9.59 Å². The molecule has 3 nitrogen and oxygen atoms in total. The van der Waals surface area contributed by atoms with Crippen molar-refractivity contribution in [2.45, 2.75) is 51.0 Å². The van der Waals surface area contributed by atoms with Gasteiger partial charge in [0.2, 0.25) is 5.91 Å². The van der Waals surface area contributed by atoms with Crippen LogP contribution in [0.3, 0.4) is 0 Å². The summed E-state index contributed by atoms with van der Waals surface area (Å²) in [7, 11) is 0. The van der Waals surface area contributed by atoms with Gasteiger partial charge in [0.15, 0.2) is 5.78 Å². The number of carbonyl (C=O) groups excluding carboxylic acids is 2. The smallest absolute Gasteiger partial charge is 0.230 e. The second-order valence-corrected chi connectivity index (χ2v) is 4.38. The maximum atomic E-state index is 11.5. The van der Waals surface area contributed by atoms with Crippen LogP contribution < -0.4 is 0 Å². The fourth-order valence-electron chi connectivity index (χ4n) is 2.51. The lowest BCUT2D eigenvalue weighted by atomic mass is 10.1. The minimum Gasteiger partial charge on any atom is -0.332 e. The molecule has 78 valence electrons. The van der Waals surface area contributed by atoms with Gasteiger partial charge in [-0.05, 0) is 12.8 Å². The molecule has 3 heteroatoms. The Bertz CT molecular complexity index is 242. The Kier molecular flexibility index (Phi) is 2.85.